The van der Waals surface area contributed by atoms with Crippen molar-refractivity contribution in [1.82, 2.24) is 5.32 Å². The molecule has 3 rings (SSSR count). The number of aliphatic imine (C=N–C) groups is 1. The van der Waals surface area contributed by atoms with Gasteiger partial charge in [-0.3, -0.25) is 0 Å². The van der Waals surface area contributed by atoms with Gasteiger partial charge in [-0.1, -0.05) is 0 Å². The van der Waals surface area contributed by atoms with E-state index in [1.54, 1.807) is 0 Å². The van der Waals surface area contributed by atoms with Crippen LogP contribution in [0.1, 0.15) is 37.8 Å². The molecule has 3 N–H and O–H groups in total. The summed E-state index contributed by atoms with van der Waals surface area (Å²) in [5, 5.41) is 3.19. The van der Waals surface area contributed by atoms with Crippen molar-refractivity contribution >= 4 is 5.96 Å². The van der Waals surface area contributed by atoms with Crippen molar-refractivity contribution in [3.8, 4) is 11.5 Å². The van der Waals surface area contributed by atoms with Crippen LogP contribution >= 0.6 is 0 Å². The molecule has 0 saturated heterocycles. The molecule has 114 valence electrons. The van der Waals surface area contributed by atoms with Gasteiger partial charge in [0.15, 0.2) is 5.96 Å². The molecule has 1 aromatic rings. The van der Waals surface area contributed by atoms with E-state index in [0.717, 1.165) is 23.5 Å². The molecule has 5 heteroatoms. The number of ether oxygens (including phenoxy) is 2. The molecule has 1 heterocycles. The lowest BCUT2D eigenvalue weighted by atomic mass is 10.1. The molecule has 1 aromatic carbocycles. The van der Waals surface area contributed by atoms with Gasteiger partial charge in [0.1, 0.15) is 17.6 Å². The van der Waals surface area contributed by atoms with Gasteiger partial charge in [0, 0.05) is 23.6 Å². The van der Waals surface area contributed by atoms with Gasteiger partial charge in [-0.25, -0.2) is 4.99 Å². The number of fused-ring (bicyclic) bond motifs is 1. The summed E-state index contributed by atoms with van der Waals surface area (Å²) in [7, 11) is 0. The fourth-order valence-electron chi connectivity index (χ4n) is 2.55. The lowest BCUT2D eigenvalue weighted by Gasteiger charge is -2.11. The van der Waals surface area contributed by atoms with Gasteiger partial charge >= 0.3 is 0 Å². The van der Waals surface area contributed by atoms with Gasteiger partial charge in [0.2, 0.25) is 0 Å². The highest BCUT2D eigenvalue weighted by Gasteiger charge is 2.23. The normalized spacial score (nSPS) is 20.9. The van der Waals surface area contributed by atoms with E-state index in [2.05, 4.69) is 23.3 Å². The monoisotopic (exact) mass is 289 g/mol. The fourth-order valence-corrected chi connectivity index (χ4v) is 2.55. The number of guanidine groups is 1. The van der Waals surface area contributed by atoms with Crippen LogP contribution in [0.25, 0.3) is 0 Å². The highest BCUT2D eigenvalue weighted by molar-refractivity contribution is 5.78. The van der Waals surface area contributed by atoms with Gasteiger partial charge in [-0.15, -0.1) is 0 Å². The van der Waals surface area contributed by atoms with Crippen LogP contribution in [0.2, 0.25) is 0 Å². The molecule has 1 unspecified atom stereocenters. The van der Waals surface area contributed by atoms with Gasteiger partial charge in [0.25, 0.3) is 0 Å². The van der Waals surface area contributed by atoms with Crippen LogP contribution in [0, 0.1) is 0 Å². The molecule has 1 saturated carbocycles. The molecule has 0 spiro atoms. The smallest absolute Gasteiger partial charge is 0.189 e. The predicted molar refractivity (Wildman–Crippen MR) is 82.9 cm³/mol. The van der Waals surface area contributed by atoms with E-state index < -0.39 is 0 Å². The van der Waals surface area contributed by atoms with Gasteiger partial charge in [0.05, 0.1) is 13.2 Å². The summed E-state index contributed by atoms with van der Waals surface area (Å²) in [4.78, 5) is 4.41. The molecule has 1 aliphatic heterocycles. The van der Waals surface area contributed by atoms with Crippen LogP contribution in [-0.4, -0.2) is 24.7 Å². The number of hydrogen-bond acceptors (Lipinski definition) is 3. The number of nitrogens with zero attached hydrogens (tertiary/aromatic N) is 1. The molecule has 1 fully saturated rings. The first kappa shape index (κ1) is 14.0. The second-order valence-electron chi connectivity index (χ2n) is 5.75. The third kappa shape index (κ3) is 3.40. The third-order valence-electron chi connectivity index (χ3n) is 3.73. The Labute approximate surface area is 125 Å². The topological polar surface area (TPSA) is 68.9 Å². The van der Waals surface area contributed by atoms with Gasteiger partial charge < -0.3 is 20.5 Å². The first-order chi connectivity index (χ1) is 10.2. The molecule has 0 amide bonds. The van der Waals surface area contributed by atoms with Crippen molar-refractivity contribution in [2.75, 3.05) is 6.61 Å². The summed E-state index contributed by atoms with van der Waals surface area (Å²) in [5.41, 5.74) is 8.12. The summed E-state index contributed by atoms with van der Waals surface area (Å²) in [6, 6.07) is 4.64. The Hall–Kier alpha value is -1.91. The van der Waals surface area contributed by atoms with Crippen molar-refractivity contribution in [2.24, 2.45) is 10.7 Å². The summed E-state index contributed by atoms with van der Waals surface area (Å²) in [6.45, 7) is 5.21. The average Bonchev–Trinajstić information content (AvgIpc) is 3.16. The third-order valence-corrected chi connectivity index (χ3v) is 3.73. The SMILES string of the molecule is CCOc1cc2c(cc1CN=C(N)NC1CC1)OC(C)C2. The predicted octanol–water partition coefficient (Wildman–Crippen LogP) is 1.98. The highest BCUT2D eigenvalue weighted by atomic mass is 16.5. The largest absolute Gasteiger partial charge is 0.494 e. The zero-order valence-electron chi connectivity index (χ0n) is 12.7. The second kappa shape index (κ2) is 5.84. The van der Waals surface area contributed by atoms with Crippen molar-refractivity contribution in [3.05, 3.63) is 23.3 Å². The van der Waals surface area contributed by atoms with E-state index >= 15 is 0 Å². The van der Waals surface area contributed by atoms with E-state index in [1.165, 1.54) is 18.4 Å². The molecule has 0 bridgehead atoms. The van der Waals surface area contributed by atoms with Crippen LogP contribution < -0.4 is 20.5 Å². The Bertz CT molecular complexity index is 553. The lowest BCUT2D eigenvalue weighted by molar-refractivity contribution is 0.254. The maximum Gasteiger partial charge on any atom is 0.189 e. The molecular weight excluding hydrogens is 266 g/mol. The summed E-state index contributed by atoms with van der Waals surface area (Å²) in [5.74, 6) is 2.34. The van der Waals surface area contributed by atoms with Gasteiger partial charge in [-0.05, 0) is 38.8 Å². The molecule has 0 radical (unpaired) electrons. The van der Waals surface area contributed by atoms with Crippen LogP contribution in [0.15, 0.2) is 17.1 Å². The maximum absolute atomic E-state index is 5.89. The number of rotatable bonds is 5. The molecule has 1 atom stereocenters. The van der Waals surface area contributed by atoms with E-state index in [1.807, 2.05) is 13.0 Å². The highest BCUT2D eigenvalue weighted by Crippen LogP contribution is 2.35. The average molecular weight is 289 g/mol. The van der Waals surface area contributed by atoms with E-state index in [0.29, 0.717) is 25.2 Å². The van der Waals surface area contributed by atoms with E-state index in [4.69, 9.17) is 15.2 Å². The van der Waals surface area contributed by atoms with Crippen LogP contribution in [0.4, 0.5) is 0 Å². The van der Waals surface area contributed by atoms with Crippen LogP contribution in [0.5, 0.6) is 11.5 Å². The van der Waals surface area contributed by atoms with Crippen molar-refractivity contribution < 1.29 is 9.47 Å². The zero-order chi connectivity index (χ0) is 14.8. The first-order valence-corrected chi connectivity index (χ1v) is 7.67. The Morgan fingerprint density at radius 2 is 2.29 bits per heavy atom. The van der Waals surface area contributed by atoms with Crippen molar-refractivity contribution in [1.29, 1.82) is 0 Å². The van der Waals surface area contributed by atoms with Crippen LogP contribution in [0.3, 0.4) is 0 Å². The Morgan fingerprint density at radius 1 is 1.48 bits per heavy atom. The Kier molecular flexibility index (Phi) is 3.90. The quantitative estimate of drug-likeness (QED) is 0.642. The Balaban J connectivity index is 1.77. The Morgan fingerprint density at radius 3 is 3.00 bits per heavy atom. The number of benzene rings is 1. The fraction of sp³-hybridized carbons (Fsp3) is 0.562. The van der Waals surface area contributed by atoms with Gasteiger partial charge in [-0.2, -0.15) is 0 Å². The lowest BCUT2D eigenvalue weighted by Crippen LogP contribution is -2.33. The summed E-state index contributed by atoms with van der Waals surface area (Å²) < 4.78 is 11.5. The summed E-state index contributed by atoms with van der Waals surface area (Å²) in [6.07, 6.45) is 3.54. The van der Waals surface area contributed by atoms with Crippen LogP contribution in [-0.2, 0) is 13.0 Å². The number of nitrogens with one attached hydrogen (secondary N) is 1. The number of nitrogens with two attached hydrogens (primary N) is 1. The van der Waals surface area contributed by atoms with E-state index in [-0.39, 0.29) is 6.10 Å². The maximum atomic E-state index is 5.89. The minimum Gasteiger partial charge on any atom is -0.494 e. The standard InChI is InChI=1S/C16H23N3O2/c1-3-20-14-7-11-6-10(2)21-15(11)8-12(14)9-18-16(17)19-13-4-5-13/h7-8,10,13H,3-6,9H2,1-2H3,(H3,17,18,19). The summed E-state index contributed by atoms with van der Waals surface area (Å²) >= 11 is 0. The van der Waals surface area contributed by atoms with Crippen molar-refractivity contribution in [2.45, 2.75) is 51.8 Å². The van der Waals surface area contributed by atoms with Crippen molar-refractivity contribution in [3.63, 3.8) is 0 Å². The second-order valence-corrected chi connectivity index (χ2v) is 5.75. The zero-order valence-corrected chi connectivity index (χ0v) is 12.7. The molecule has 1 aliphatic carbocycles. The molecular formula is C16H23N3O2. The number of hydrogen-bond donors (Lipinski definition) is 2. The molecule has 2 aliphatic rings. The first-order valence-electron chi connectivity index (χ1n) is 7.67. The molecule has 21 heavy (non-hydrogen) atoms. The van der Waals surface area contributed by atoms with E-state index in [9.17, 15) is 0 Å². The molecule has 0 aromatic heterocycles. The minimum atomic E-state index is 0.231. The molecule has 5 nitrogen and oxygen atoms in total. The minimum absolute atomic E-state index is 0.231.